The molecular formula is C27H27N3O4. The molecule has 3 heterocycles. The average molecular weight is 458 g/mol. The van der Waals surface area contributed by atoms with Gasteiger partial charge in [0, 0.05) is 31.3 Å². The Morgan fingerprint density at radius 1 is 1.00 bits per heavy atom. The molecule has 1 aromatic carbocycles. The number of aromatic nitrogens is 2. The Morgan fingerprint density at radius 2 is 1.62 bits per heavy atom. The first-order valence-corrected chi connectivity index (χ1v) is 11.0. The molecule has 1 aliphatic rings. The monoisotopic (exact) mass is 457 g/mol. The first kappa shape index (κ1) is 23.2. The number of benzene rings is 1. The Balaban J connectivity index is 1.91. The highest BCUT2D eigenvalue weighted by atomic mass is 16.5. The van der Waals surface area contributed by atoms with Crippen LogP contribution >= 0.6 is 0 Å². The molecule has 1 fully saturated rings. The Morgan fingerprint density at radius 3 is 2.21 bits per heavy atom. The number of methoxy groups -OCH3 is 1. The summed E-state index contributed by atoms with van der Waals surface area (Å²) in [5, 5.41) is 11.5. The molecule has 1 saturated heterocycles. The van der Waals surface area contributed by atoms with Gasteiger partial charge in [-0.2, -0.15) is 0 Å². The second-order valence-electron chi connectivity index (χ2n) is 9.23. The summed E-state index contributed by atoms with van der Waals surface area (Å²) < 4.78 is 5.50. The lowest BCUT2D eigenvalue weighted by molar-refractivity contribution is -0.140. The van der Waals surface area contributed by atoms with Crippen LogP contribution < -0.4 is 4.74 Å². The number of likely N-dealkylation sites (tertiary alicyclic amines) is 1. The van der Waals surface area contributed by atoms with Gasteiger partial charge in [-0.1, -0.05) is 26.8 Å². The summed E-state index contributed by atoms with van der Waals surface area (Å²) in [6.45, 7) is 6.37. The van der Waals surface area contributed by atoms with Crippen molar-refractivity contribution in [2.45, 2.75) is 38.8 Å². The van der Waals surface area contributed by atoms with E-state index >= 15 is 0 Å². The maximum Gasteiger partial charge on any atom is 0.295 e. The number of hydrogen-bond donors (Lipinski definition) is 1. The summed E-state index contributed by atoms with van der Waals surface area (Å²) in [7, 11) is 1.51. The van der Waals surface area contributed by atoms with Crippen LogP contribution in [0.15, 0.2) is 72.8 Å². The molecule has 1 atom stereocenters. The first-order valence-electron chi connectivity index (χ1n) is 11.0. The minimum atomic E-state index is -0.779. The highest BCUT2D eigenvalue weighted by Gasteiger charge is 2.46. The molecular weight excluding hydrogens is 430 g/mol. The van der Waals surface area contributed by atoms with Gasteiger partial charge in [-0.05, 0) is 58.5 Å². The molecule has 7 nitrogen and oxygen atoms in total. The van der Waals surface area contributed by atoms with Crippen molar-refractivity contribution in [1.29, 1.82) is 0 Å². The second-order valence-corrected chi connectivity index (χ2v) is 9.23. The number of pyridine rings is 2. The van der Waals surface area contributed by atoms with E-state index < -0.39 is 17.7 Å². The molecule has 0 bridgehead atoms. The molecule has 34 heavy (non-hydrogen) atoms. The van der Waals surface area contributed by atoms with E-state index in [2.05, 4.69) is 30.7 Å². The standard InChI is InChI=1S/C27H27N3O4/c1-27(2,3)19-5-6-21(34-4)20(15-19)24(31)22-23(18-9-13-29-14-10-18)30(26(33)25(22)32)16-17-7-11-28-12-8-17/h5-15,23,31H,16H2,1-4H3/b24-22+. The van der Waals surface area contributed by atoms with E-state index in [1.807, 2.05) is 12.1 Å². The molecule has 1 N–H and O–H groups in total. The molecule has 3 aromatic rings. The topological polar surface area (TPSA) is 92.6 Å². The number of aliphatic hydroxyl groups is 1. The van der Waals surface area contributed by atoms with Crippen LogP contribution in [0.4, 0.5) is 0 Å². The second kappa shape index (κ2) is 9.09. The fourth-order valence-electron chi connectivity index (χ4n) is 4.12. The molecule has 0 radical (unpaired) electrons. The van der Waals surface area contributed by atoms with Gasteiger partial charge in [0.2, 0.25) is 0 Å². The van der Waals surface area contributed by atoms with Crippen molar-refractivity contribution in [3.05, 3.63) is 95.1 Å². The van der Waals surface area contributed by atoms with E-state index in [1.54, 1.807) is 55.1 Å². The Kier molecular flexibility index (Phi) is 6.20. The third-order valence-corrected chi connectivity index (χ3v) is 5.98. The quantitative estimate of drug-likeness (QED) is 0.347. The van der Waals surface area contributed by atoms with Gasteiger partial charge < -0.3 is 14.7 Å². The van der Waals surface area contributed by atoms with Crippen LogP contribution in [0.3, 0.4) is 0 Å². The lowest BCUT2D eigenvalue weighted by atomic mass is 9.85. The number of nitrogens with zero attached hydrogens (tertiary/aromatic N) is 3. The molecule has 174 valence electrons. The molecule has 1 aliphatic heterocycles. The summed E-state index contributed by atoms with van der Waals surface area (Å²) in [4.78, 5) is 36.0. The third-order valence-electron chi connectivity index (χ3n) is 5.98. The van der Waals surface area contributed by atoms with Crippen LogP contribution in [0.2, 0.25) is 0 Å². The normalized spacial score (nSPS) is 17.8. The number of ether oxygens (including phenoxy) is 1. The maximum atomic E-state index is 13.3. The van der Waals surface area contributed by atoms with E-state index in [9.17, 15) is 14.7 Å². The zero-order valence-corrected chi connectivity index (χ0v) is 19.6. The van der Waals surface area contributed by atoms with Crippen molar-refractivity contribution in [1.82, 2.24) is 14.9 Å². The molecule has 0 aliphatic carbocycles. The van der Waals surface area contributed by atoms with E-state index in [0.717, 1.165) is 11.1 Å². The number of hydrogen-bond acceptors (Lipinski definition) is 6. The predicted octanol–water partition coefficient (Wildman–Crippen LogP) is 4.40. The summed E-state index contributed by atoms with van der Waals surface area (Å²) >= 11 is 0. The van der Waals surface area contributed by atoms with Crippen LogP contribution in [0.5, 0.6) is 5.75 Å². The predicted molar refractivity (Wildman–Crippen MR) is 128 cm³/mol. The van der Waals surface area contributed by atoms with E-state index in [0.29, 0.717) is 16.9 Å². The molecule has 1 unspecified atom stereocenters. The molecule has 4 rings (SSSR count). The molecule has 0 saturated carbocycles. The fourth-order valence-corrected chi connectivity index (χ4v) is 4.12. The smallest absolute Gasteiger partial charge is 0.295 e. The Labute approximate surface area is 198 Å². The zero-order valence-electron chi connectivity index (χ0n) is 19.6. The van der Waals surface area contributed by atoms with Gasteiger partial charge in [0.05, 0.1) is 24.3 Å². The van der Waals surface area contributed by atoms with Crippen LogP contribution in [0.25, 0.3) is 5.76 Å². The van der Waals surface area contributed by atoms with Crippen LogP contribution in [0.1, 0.15) is 49.1 Å². The molecule has 7 heteroatoms. The number of Topliss-reactive ketones (excluding diaryl/α,β-unsaturated/α-hetero) is 1. The number of ketones is 1. The molecule has 1 amide bonds. The molecule has 2 aromatic heterocycles. The minimum Gasteiger partial charge on any atom is -0.507 e. The third kappa shape index (κ3) is 4.29. The highest BCUT2D eigenvalue weighted by molar-refractivity contribution is 6.46. The fraction of sp³-hybridized carbons (Fsp3) is 0.259. The number of carbonyl (C=O) groups excluding carboxylic acids is 2. The Bertz CT molecular complexity index is 1250. The number of carbonyl (C=O) groups is 2. The van der Waals surface area contributed by atoms with Crippen LogP contribution in [0, 0.1) is 0 Å². The largest absolute Gasteiger partial charge is 0.507 e. The van der Waals surface area contributed by atoms with Crippen molar-refractivity contribution < 1.29 is 19.4 Å². The van der Waals surface area contributed by atoms with Gasteiger partial charge in [0.1, 0.15) is 11.5 Å². The van der Waals surface area contributed by atoms with Crippen molar-refractivity contribution in [2.24, 2.45) is 0 Å². The van der Waals surface area contributed by atoms with E-state index in [1.165, 1.54) is 12.0 Å². The summed E-state index contributed by atoms with van der Waals surface area (Å²) in [6.07, 6.45) is 6.47. The maximum absolute atomic E-state index is 13.3. The van der Waals surface area contributed by atoms with Crippen LogP contribution in [-0.4, -0.2) is 38.8 Å². The Hall–Kier alpha value is -4.00. The van der Waals surface area contributed by atoms with Gasteiger partial charge in [-0.25, -0.2) is 0 Å². The highest BCUT2D eigenvalue weighted by Crippen LogP contribution is 2.42. The first-order chi connectivity index (χ1) is 16.2. The van der Waals surface area contributed by atoms with Crippen molar-refractivity contribution in [3.63, 3.8) is 0 Å². The lowest BCUT2D eigenvalue weighted by Crippen LogP contribution is -2.29. The lowest BCUT2D eigenvalue weighted by Gasteiger charge is -2.26. The van der Waals surface area contributed by atoms with Gasteiger partial charge in [0.15, 0.2) is 0 Å². The summed E-state index contributed by atoms with van der Waals surface area (Å²) in [5.74, 6) is -1.26. The summed E-state index contributed by atoms with van der Waals surface area (Å²) in [6, 6.07) is 11.8. The van der Waals surface area contributed by atoms with Crippen molar-refractivity contribution in [3.8, 4) is 5.75 Å². The van der Waals surface area contributed by atoms with E-state index in [-0.39, 0.29) is 23.3 Å². The summed E-state index contributed by atoms with van der Waals surface area (Å²) in [5.41, 5.74) is 2.66. The van der Waals surface area contributed by atoms with Crippen LogP contribution in [-0.2, 0) is 21.5 Å². The van der Waals surface area contributed by atoms with Gasteiger partial charge >= 0.3 is 0 Å². The van der Waals surface area contributed by atoms with Crippen molar-refractivity contribution in [2.75, 3.05) is 7.11 Å². The van der Waals surface area contributed by atoms with Gasteiger partial charge in [-0.3, -0.25) is 19.6 Å². The minimum absolute atomic E-state index is 0.0228. The van der Waals surface area contributed by atoms with E-state index in [4.69, 9.17) is 4.74 Å². The number of aliphatic hydroxyl groups excluding tert-OH is 1. The van der Waals surface area contributed by atoms with Crippen molar-refractivity contribution >= 4 is 17.4 Å². The molecule has 0 spiro atoms. The zero-order chi connectivity index (χ0) is 24.5. The number of amides is 1. The van der Waals surface area contributed by atoms with Gasteiger partial charge in [-0.15, -0.1) is 0 Å². The van der Waals surface area contributed by atoms with Gasteiger partial charge in [0.25, 0.3) is 11.7 Å². The SMILES string of the molecule is COc1ccc(C(C)(C)C)cc1/C(O)=C1\C(=O)C(=O)N(Cc2ccncc2)C1c1ccncc1. The number of rotatable bonds is 5. The average Bonchev–Trinajstić information content (AvgIpc) is 3.08.